The Balaban J connectivity index is -0.0000000110. The third-order valence-corrected chi connectivity index (χ3v) is 1.41. The largest absolute Gasteiger partial charge is 0.0776 e. The Morgan fingerprint density at radius 1 is 0.471 bits per heavy atom. The second-order valence-corrected chi connectivity index (χ2v) is 2.71. The normalized spacial score (nSPS) is 5.29. The molecule has 1 heteroatoms. The number of hydrogen-bond acceptors (Lipinski definition) is 0. The smallest absolute Gasteiger partial charge is 0 e. The Morgan fingerprint density at radius 2 is 0.588 bits per heavy atom. The quantitative estimate of drug-likeness (QED) is 0.489. The van der Waals surface area contributed by atoms with Gasteiger partial charge < -0.3 is 0 Å². The van der Waals surface area contributed by atoms with Gasteiger partial charge in [-0.05, 0) is 0 Å². The van der Waals surface area contributed by atoms with Gasteiger partial charge in [0.1, 0.15) is 0 Å². The van der Waals surface area contributed by atoms with Gasteiger partial charge in [-0.1, -0.05) is 110 Å². The van der Waals surface area contributed by atoms with Gasteiger partial charge in [-0.25, -0.2) is 0 Å². The molecule has 0 saturated carbocycles. The fraction of sp³-hybridized carbons (Fsp3) is 1.00. The Bertz CT molecular complexity index is 26.5. The standard InChI is InChI=1S/2C5H12.C2H6.4CH4.Ar/c2*1-3-5-4-2;1-2;;;;;/h2*3-5H2,1-2H3;1-2H3;4*1H4;. The van der Waals surface area contributed by atoms with E-state index in [1.807, 2.05) is 13.8 Å². The number of rotatable bonds is 4. The predicted molar refractivity (Wildman–Crippen MR) is 88.7 cm³/mol. The summed E-state index contributed by atoms with van der Waals surface area (Å²) in [6.07, 6.45) is 8.15. The molecule has 0 saturated heterocycles. The molecular weight excluding hydrogens is 232 g/mol. The van der Waals surface area contributed by atoms with Crippen LogP contribution in [0.15, 0.2) is 0 Å². The van der Waals surface area contributed by atoms with Gasteiger partial charge in [0.25, 0.3) is 0 Å². The van der Waals surface area contributed by atoms with Gasteiger partial charge in [0, 0.05) is 37.7 Å². The van der Waals surface area contributed by atoms with Crippen molar-refractivity contribution in [1.29, 1.82) is 0 Å². The van der Waals surface area contributed by atoms with E-state index < -0.39 is 0 Å². The summed E-state index contributed by atoms with van der Waals surface area (Å²) in [7, 11) is 0. The van der Waals surface area contributed by atoms with Crippen molar-refractivity contribution in [2.45, 2.75) is 110 Å². The molecule has 0 fully saturated rings. The number of hydrogen-bond donors (Lipinski definition) is 0. The predicted octanol–water partition coefficient (Wildman–Crippen LogP) is 7.96. The fourth-order valence-corrected chi connectivity index (χ4v) is 0.707. The Labute approximate surface area is 146 Å². The van der Waals surface area contributed by atoms with Crippen molar-refractivity contribution in [2.75, 3.05) is 0 Å². The topological polar surface area (TPSA) is 0 Å². The zero-order valence-corrected chi connectivity index (χ0v) is 11.3. The van der Waals surface area contributed by atoms with Crippen molar-refractivity contribution >= 4 is 0 Å². The first kappa shape index (κ1) is 51.7. The van der Waals surface area contributed by atoms with Crippen LogP contribution in [0.4, 0.5) is 0 Å². The summed E-state index contributed by atoms with van der Waals surface area (Å²) in [6.45, 7) is 12.8. The monoisotopic (exact) mass is 278 g/mol. The zero-order valence-electron chi connectivity index (χ0n) is 10.6. The van der Waals surface area contributed by atoms with E-state index in [1.54, 1.807) is 0 Å². The first-order valence-electron chi connectivity index (χ1n) is 5.83. The molecule has 0 aromatic carbocycles. The van der Waals surface area contributed by atoms with Crippen LogP contribution in [0.25, 0.3) is 0 Å². The molecule has 0 nitrogen and oxygen atoms in total. The molecule has 0 bridgehead atoms. The molecule has 0 aliphatic carbocycles. The maximum atomic E-state index is 2.21. The summed E-state index contributed by atoms with van der Waals surface area (Å²) >= 11 is 0. The molecule has 0 rings (SSSR count). The van der Waals surface area contributed by atoms with E-state index in [9.17, 15) is 0 Å². The van der Waals surface area contributed by atoms with Crippen LogP contribution >= 0.6 is 0 Å². The van der Waals surface area contributed by atoms with Crippen molar-refractivity contribution in [3.05, 3.63) is 0 Å². The van der Waals surface area contributed by atoms with Gasteiger partial charge in [-0.2, -0.15) is 0 Å². The van der Waals surface area contributed by atoms with Crippen LogP contribution in [-0.4, -0.2) is 0 Å². The molecule has 17 heavy (non-hydrogen) atoms. The third-order valence-electron chi connectivity index (χ3n) is 1.41. The second-order valence-electron chi connectivity index (χ2n) is 2.71. The minimum atomic E-state index is 0. The fourth-order valence-electron chi connectivity index (χ4n) is 0.707. The van der Waals surface area contributed by atoms with Crippen molar-refractivity contribution < 1.29 is 37.7 Å². The average Bonchev–Trinajstić information content (AvgIpc) is 2.12. The van der Waals surface area contributed by atoms with Gasteiger partial charge in [-0.3, -0.25) is 0 Å². The van der Waals surface area contributed by atoms with Gasteiger partial charge in [0.15, 0.2) is 0 Å². The molecule has 0 heterocycles. The summed E-state index contributed by atoms with van der Waals surface area (Å²) in [5.74, 6) is 0. The molecule has 0 atom stereocenters. The molecule has 0 amide bonds. The maximum Gasteiger partial charge on any atom is 0 e. The minimum absolute atomic E-state index is 0. The van der Waals surface area contributed by atoms with Crippen LogP contribution in [-0.2, 0) is 0 Å². The Hall–Kier alpha value is 1.26. The molecular formula is C16H46Ar. The van der Waals surface area contributed by atoms with Crippen LogP contribution < -0.4 is 0 Å². The van der Waals surface area contributed by atoms with Gasteiger partial charge in [0.05, 0.1) is 0 Å². The summed E-state index contributed by atoms with van der Waals surface area (Å²) in [6, 6.07) is 0. The molecule has 0 aromatic heterocycles. The molecule has 0 spiro atoms. The van der Waals surface area contributed by atoms with Crippen LogP contribution in [0.5, 0.6) is 0 Å². The van der Waals surface area contributed by atoms with Gasteiger partial charge >= 0.3 is 0 Å². The van der Waals surface area contributed by atoms with E-state index in [0.717, 1.165) is 0 Å². The van der Waals surface area contributed by atoms with E-state index in [-0.39, 0.29) is 67.4 Å². The maximum absolute atomic E-state index is 2.21. The first-order chi connectivity index (χ1) is 5.83. The Morgan fingerprint density at radius 3 is 0.588 bits per heavy atom. The molecule has 0 aromatic rings. The van der Waals surface area contributed by atoms with Crippen molar-refractivity contribution in [3.8, 4) is 0 Å². The zero-order chi connectivity index (χ0) is 10.2. The van der Waals surface area contributed by atoms with Crippen LogP contribution in [0, 0.1) is 37.7 Å². The van der Waals surface area contributed by atoms with E-state index >= 15 is 0 Å². The average molecular weight is 278 g/mol. The number of unbranched alkanes of at least 4 members (excludes halogenated alkanes) is 4. The second kappa shape index (κ2) is 86.6. The van der Waals surface area contributed by atoms with Crippen molar-refractivity contribution in [3.63, 3.8) is 0 Å². The first-order valence-corrected chi connectivity index (χ1v) is 5.83. The summed E-state index contributed by atoms with van der Waals surface area (Å²) in [4.78, 5) is 0. The van der Waals surface area contributed by atoms with Crippen LogP contribution in [0.3, 0.4) is 0 Å². The Kier molecular flexibility index (Phi) is 263. The minimum Gasteiger partial charge on any atom is -0.0776 e. The van der Waals surface area contributed by atoms with Crippen LogP contribution in [0.2, 0.25) is 0 Å². The summed E-state index contributed by atoms with van der Waals surface area (Å²) in [5, 5.41) is 0. The molecule has 0 unspecified atom stereocenters. The van der Waals surface area contributed by atoms with Gasteiger partial charge in [0.2, 0.25) is 0 Å². The molecule has 0 aliphatic heterocycles. The van der Waals surface area contributed by atoms with E-state index in [1.165, 1.54) is 38.5 Å². The molecule has 0 aliphatic rings. The van der Waals surface area contributed by atoms with Gasteiger partial charge in [-0.15, -0.1) is 0 Å². The van der Waals surface area contributed by atoms with E-state index in [4.69, 9.17) is 0 Å². The van der Waals surface area contributed by atoms with E-state index in [2.05, 4.69) is 27.7 Å². The summed E-state index contributed by atoms with van der Waals surface area (Å²) in [5.41, 5.74) is 0. The molecule has 0 N–H and O–H groups in total. The SMILES string of the molecule is C.C.C.C.CC.CCCCC.CCCCC.[Ar]. The van der Waals surface area contributed by atoms with Crippen LogP contribution in [0.1, 0.15) is 110 Å². The molecule has 0 radical (unpaired) electrons. The third kappa shape index (κ3) is 145. The van der Waals surface area contributed by atoms with Crippen molar-refractivity contribution in [2.24, 2.45) is 0 Å². The summed E-state index contributed by atoms with van der Waals surface area (Å²) < 4.78 is 0. The molecule has 118 valence electrons. The van der Waals surface area contributed by atoms with E-state index in [0.29, 0.717) is 0 Å². The van der Waals surface area contributed by atoms with Crippen molar-refractivity contribution in [1.82, 2.24) is 0 Å².